The summed E-state index contributed by atoms with van der Waals surface area (Å²) in [5.41, 5.74) is 15.0. The molecule has 3 amide bonds. The van der Waals surface area contributed by atoms with Crippen LogP contribution in [-0.2, 0) is 33.9 Å². The molecule has 0 spiro atoms. The maximum absolute atomic E-state index is 14.3. The number of hydrogen-bond acceptors (Lipinski definition) is 9. The SMILES string of the molecule is CN1C(=O)[C@H](CCCCN)NC(=O)[C@H](CCCN)NCc2cccnc2Sc2ccc(Br)nc2CNC(=O)[C@@H]1Cc1c[nH]c2ccccc12. The van der Waals surface area contributed by atoms with Crippen LogP contribution in [0.5, 0.6) is 0 Å². The highest BCUT2D eigenvalue weighted by molar-refractivity contribution is 9.10. The van der Waals surface area contributed by atoms with Gasteiger partial charge in [-0.3, -0.25) is 14.4 Å². The van der Waals surface area contributed by atoms with E-state index in [1.807, 2.05) is 54.7 Å². The van der Waals surface area contributed by atoms with Crippen molar-refractivity contribution in [3.8, 4) is 0 Å². The largest absolute Gasteiger partial charge is 0.361 e. The van der Waals surface area contributed by atoms with Crippen LogP contribution in [0.1, 0.15) is 48.9 Å². The van der Waals surface area contributed by atoms with Crippen molar-refractivity contribution < 1.29 is 14.4 Å². The van der Waals surface area contributed by atoms with Gasteiger partial charge in [0.25, 0.3) is 0 Å². The first-order chi connectivity index (χ1) is 23.8. The molecule has 0 fully saturated rings. The zero-order valence-corrected chi connectivity index (χ0v) is 30.0. The quantitative estimate of drug-likeness (QED) is 0.110. The number of H-pyrrole nitrogens is 1. The van der Waals surface area contributed by atoms with E-state index in [2.05, 4.69) is 41.8 Å². The van der Waals surface area contributed by atoms with E-state index in [-0.39, 0.29) is 30.7 Å². The fourth-order valence-electron chi connectivity index (χ4n) is 5.94. The Morgan fingerprint density at radius 1 is 0.939 bits per heavy atom. The number of carbonyl (C=O) groups excluding carboxylic acids is 3. The average molecular weight is 751 g/mol. The van der Waals surface area contributed by atoms with Crippen LogP contribution in [0.2, 0.25) is 0 Å². The van der Waals surface area contributed by atoms with Gasteiger partial charge in [0.2, 0.25) is 17.7 Å². The Labute approximate surface area is 299 Å². The predicted octanol–water partition coefficient (Wildman–Crippen LogP) is 3.38. The normalized spacial score (nSPS) is 19.6. The number of halogens is 1. The standard InChI is InChI=1S/C35H44BrN9O3S/c1-45-29(18-23-20-40-25-10-3-2-9-24(23)25)33(47)42-21-28-30(13-14-31(36)43-28)49-34-22(8-7-17-39-34)19-41-26(12-6-16-38)32(46)44-27(35(45)48)11-4-5-15-37/h2-3,7-10,13-14,17,20,26-27,29,40-41H,4-6,11-12,15-16,18-19,21,37-38H2,1H3,(H,42,47)(H,44,46)/t26-,27-,29-/m0/s1. The summed E-state index contributed by atoms with van der Waals surface area (Å²) in [7, 11) is 1.63. The van der Waals surface area contributed by atoms with Crippen LogP contribution in [0.25, 0.3) is 10.9 Å². The first kappa shape index (κ1) is 36.5. The van der Waals surface area contributed by atoms with Gasteiger partial charge in [-0.05, 0) is 96.5 Å². The summed E-state index contributed by atoms with van der Waals surface area (Å²) in [5.74, 6) is -0.984. The number of rotatable bonds is 9. The lowest BCUT2D eigenvalue weighted by atomic mass is 10.0. The molecule has 3 atom stereocenters. The number of para-hydroxylation sites is 1. The van der Waals surface area contributed by atoms with Crippen molar-refractivity contribution >= 4 is 56.3 Å². The summed E-state index contributed by atoms with van der Waals surface area (Å²) in [6.07, 6.45) is 6.67. The first-order valence-electron chi connectivity index (χ1n) is 16.6. The molecule has 0 saturated carbocycles. The molecular formula is C35H44BrN9O3S. The molecule has 4 aromatic rings. The monoisotopic (exact) mass is 749 g/mol. The zero-order chi connectivity index (χ0) is 34.8. The number of likely N-dealkylation sites (N-methyl/N-ethyl adjacent to an activating group) is 1. The summed E-state index contributed by atoms with van der Waals surface area (Å²) in [5, 5.41) is 11.2. The number of benzene rings is 1. The minimum atomic E-state index is -0.881. The van der Waals surface area contributed by atoms with Gasteiger partial charge in [-0.2, -0.15) is 0 Å². The molecule has 0 unspecified atom stereocenters. The maximum atomic E-state index is 14.3. The summed E-state index contributed by atoms with van der Waals surface area (Å²) in [6, 6.07) is 13.1. The van der Waals surface area contributed by atoms with Crippen molar-refractivity contribution in [2.45, 2.75) is 79.7 Å². The van der Waals surface area contributed by atoms with Gasteiger partial charge in [-0.15, -0.1) is 0 Å². The van der Waals surface area contributed by atoms with Gasteiger partial charge in [0.05, 0.1) is 18.3 Å². The first-order valence-corrected chi connectivity index (χ1v) is 18.2. The molecule has 8 N–H and O–H groups in total. The molecule has 0 radical (unpaired) electrons. The second kappa shape index (κ2) is 17.7. The van der Waals surface area contributed by atoms with Crippen LogP contribution in [-0.4, -0.2) is 75.8 Å². The number of amides is 3. The number of nitrogens with two attached hydrogens (primary N) is 2. The Bertz CT molecular complexity index is 1750. The van der Waals surface area contributed by atoms with Crippen LogP contribution >= 0.6 is 27.7 Å². The molecule has 14 heteroatoms. The number of pyridine rings is 2. The van der Waals surface area contributed by atoms with Gasteiger partial charge in [0.1, 0.15) is 21.7 Å². The van der Waals surface area contributed by atoms with Crippen molar-refractivity contribution in [1.29, 1.82) is 0 Å². The molecule has 0 bridgehead atoms. The van der Waals surface area contributed by atoms with Crippen LogP contribution < -0.4 is 27.4 Å². The molecule has 5 rings (SSSR count). The highest BCUT2D eigenvalue weighted by Gasteiger charge is 2.34. The number of fused-ring (bicyclic) bond motifs is 3. The lowest BCUT2D eigenvalue weighted by molar-refractivity contribution is -0.142. The smallest absolute Gasteiger partial charge is 0.245 e. The minimum Gasteiger partial charge on any atom is -0.361 e. The third-order valence-electron chi connectivity index (χ3n) is 8.70. The van der Waals surface area contributed by atoms with E-state index < -0.39 is 18.1 Å². The van der Waals surface area contributed by atoms with Crippen molar-refractivity contribution in [1.82, 2.24) is 35.8 Å². The van der Waals surface area contributed by atoms with E-state index in [1.165, 1.54) is 16.7 Å². The van der Waals surface area contributed by atoms with Crippen molar-refractivity contribution in [2.24, 2.45) is 11.5 Å². The fraction of sp³-hybridized carbons (Fsp3) is 0.400. The lowest BCUT2D eigenvalue weighted by Gasteiger charge is -2.32. The second-order valence-corrected chi connectivity index (χ2v) is 13.9. The number of nitrogens with zero attached hydrogens (tertiary/aromatic N) is 3. The van der Waals surface area contributed by atoms with Gasteiger partial charge >= 0.3 is 0 Å². The Balaban J connectivity index is 1.55. The number of aromatic nitrogens is 3. The van der Waals surface area contributed by atoms with E-state index >= 15 is 0 Å². The van der Waals surface area contributed by atoms with Gasteiger partial charge in [-0.25, -0.2) is 9.97 Å². The maximum Gasteiger partial charge on any atom is 0.245 e. The second-order valence-electron chi connectivity index (χ2n) is 12.1. The van der Waals surface area contributed by atoms with Crippen LogP contribution in [0.4, 0.5) is 0 Å². The highest BCUT2D eigenvalue weighted by atomic mass is 79.9. The van der Waals surface area contributed by atoms with E-state index in [0.29, 0.717) is 62.0 Å². The fourth-order valence-corrected chi connectivity index (χ4v) is 7.25. The zero-order valence-electron chi connectivity index (χ0n) is 27.6. The van der Waals surface area contributed by atoms with Gasteiger partial charge < -0.3 is 37.3 Å². The van der Waals surface area contributed by atoms with Crippen LogP contribution in [0, 0.1) is 0 Å². The van der Waals surface area contributed by atoms with E-state index in [1.54, 1.807) is 13.2 Å². The third kappa shape index (κ3) is 9.45. The molecule has 49 heavy (non-hydrogen) atoms. The molecular weight excluding hydrogens is 706 g/mol. The molecule has 1 aliphatic rings. The van der Waals surface area contributed by atoms with Crippen molar-refractivity contribution in [3.05, 3.63) is 82.3 Å². The minimum absolute atomic E-state index is 0.130. The Morgan fingerprint density at radius 2 is 1.73 bits per heavy atom. The number of carbonyl (C=O) groups is 3. The van der Waals surface area contributed by atoms with Gasteiger partial charge in [-0.1, -0.05) is 36.0 Å². The molecule has 4 heterocycles. The van der Waals surface area contributed by atoms with Gasteiger partial charge in [0, 0.05) is 48.2 Å². The number of aromatic amines is 1. The molecule has 0 aliphatic carbocycles. The summed E-state index contributed by atoms with van der Waals surface area (Å²) < 4.78 is 0.630. The molecule has 1 aliphatic heterocycles. The average Bonchev–Trinajstić information content (AvgIpc) is 3.52. The molecule has 3 aromatic heterocycles. The molecule has 260 valence electrons. The highest BCUT2D eigenvalue weighted by Crippen LogP contribution is 2.32. The third-order valence-corrected chi connectivity index (χ3v) is 10.3. The van der Waals surface area contributed by atoms with Crippen molar-refractivity contribution in [2.75, 3.05) is 20.1 Å². The Kier molecular flexibility index (Phi) is 13.2. The number of nitrogens with one attached hydrogen (secondary N) is 4. The van der Waals surface area contributed by atoms with E-state index in [9.17, 15) is 14.4 Å². The topological polar surface area (TPSA) is 184 Å². The molecule has 12 nitrogen and oxygen atoms in total. The van der Waals surface area contributed by atoms with E-state index in [4.69, 9.17) is 16.5 Å². The van der Waals surface area contributed by atoms with Gasteiger partial charge in [0.15, 0.2) is 0 Å². The summed E-state index contributed by atoms with van der Waals surface area (Å²) in [4.78, 5) is 57.3. The summed E-state index contributed by atoms with van der Waals surface area (Å²) >= 11 is 4.93. The number of unbranched alkanes of at least 4 members (excludes halogenated alkanes) is 1. The number of hydrogen-bond donors (Lipinski definition) is 6. The molecule has 0 saturated heterocycles. The Morgan fingerprint density at radius 3 is 2.55 bits per heavy atom. The predicted molar refractivity (Wildman–Crippen MR) is 194 cm³/mol. The van der Waals surface area contributed by atoms with E-state index in [0.717, 1.165) is 32.0 Å². The molecule has 1 aromatic carbocycles. The summed E-state index contributed by atoms with van der Waals surface area (Å²) in [6.45, 7) is 1.39. The van der Waals surface area contributed by atoms with Crippen LogP contribution in [0.15, 0.2) is 75.4 Å². The van der Waals surface area contributed by atoms with Crippen molar-refractivity contribution in [3.63, 3.8) is 0 Å². The Hall–Kier alpha value is -3.82. The van der Waals surface area contributed by atoms with Crippen LogP contribution in [0.3, 0.4) is 0 Å². The lowest BCUT2D eigenvalue weighted by Crippen LogP contribution is -2.57.